The second-order valence-corrected chi connectivity index (χ2v) is 18.9. The number of aromatic nitrogens is 1. The van der Waals surface area contributed by atoms with Crippen LogP contribution in [0.2, 0.25) is 5.02 Å². The maximum Gasteiger partial charge on any atom is 0.293 e. The molecule has 2 fully saturated rings. The van der Waals surface area contributed by atoms with Gasteiger partial charge in [-0.3, -0.25) is 34.2 Å². The fourth-order valence-electron chi connectivity index (χ4n) is 8.63. The first-order valence-corrected chi connectivity index (χ1v) is 23.0. The van der Waals surface area contributed by atoms with Crippen LogP contribution in [0.3, 0.4) is 0 Å². The highest BCUT2D eigenvalue weighted by Gasteiger charge is 2.30. The molecule has 5 aromatic rings. The van der Waals surface area contributed by atoms with Crippen molar-refractivity contribution in [2.75, 3.05) is 75.7 Å². The number of hydrogen-bond donors (Lipinski definition) is 4. The summed E-state index contributed by atoms with van der Waals surface area (Å²) in [7, 11) is -2.13. The van der Waals surface area contributed by atoms with E-state index < -0.39 is 21.8 Å². The molecule has 1 unspecified atom stereocenters. The summed E-state index contributed by atoms with van der Waals surface area (Å²) >= 11 is 6.25. The molecule has 14 nitrogen and oxygen atoms in total. The molecule has 0 spiro atoms. The Kier molecular flexibility index (Phi) is 13.5. The molecule has 1 aliphatic carbocycles. The number of aromatic amines is 1. The quantitative estimate of drug-likeness (QED) is 0.0460. The van der Waals surface area contributed by atoms with Crippen molar-refractivity contribution < 1.29 is 23.5 Å². The number of carbonyl (C=O) groups excluding carboxylic acids is 2. The third-order valence-corrected chi connectivity index (χ3v) is 13.4. The Hall–Kier alpha value is -5.74. The maximum atomic E-state index is 13.9. The largest absolute Gasteiger partial charge is 0.456 e. The van der Waals surface area contributed by atoms with Crippen molar-refractivity contribution in [1.82, 2.24) is 24.8 Å². The number of fused-ring (bicyclic) bond motifs is 1. The molecule has 0 bridgehead atoms. The number of hydrogen-bond acceptors (Lipinski definition) is 10. The number of ether oxygens (including phenoxy) is 1. The summed E-state index contributed by atoms with van der Waals surface area (Å²) < 4.78 is 22.6. The zero-order valence-corrected chi connectivity index (χ0v) is 37.2. The van der Waals surface area contributed by atoms with Crippen molar-refractivity contribution in [2.45, 2.75) is 44.4 Å². The van der Waals surface area contributed by atoms with E-state index in [2.05, 4.69) is 56.1 Å². The number of nitrogens with zero attached hydrogens (tertiary/aromatic N) is 4. The first-order valence-electron chi connectivity index (χ1n) is 21.4. The molecule has 3 heterocycles. The van der Waals surface area contributed by atoms with Crippen molar-refractivity contribution >= 4 is 67.9 Å². The number of nitrogens with one attached hydrogen (secondary N) is 4. The third-order valence-electron chi connectivity index (χ3n) is 12.1. The summed E-state index contributed by atoms with van der Waals surface area (Å²) in [5, 5.41) is 19.7. The Morgan fingerprint density at radius 1 is 0.968 bits per heavy atom. The van der Waals surface area contributed by atoms with E-state index in [0.29, 0.717) is 38.3 Å². The Morgan fingerprint density at radius 2 is 1.78 bits per heavy atom. The molecule has 2 amide bonds. The highest BCUT2D eigenvalue weighted by Crippen LogP contribution is 2.43. The molecular weight excluding hydrogens is 840 g/mol. The standard InChI is InChI=1S/C47H53ClN8O6S/c1-47(2)16-14-34(40(29-47)32-4-6-35(48)7-5-32)30-54-22-24-55(25-23-54)36-8-11-39(44(27-36)62-37-9-12-41-33(26-37)15-18-50-41)46(58)52-63(61)38-10-13-42(43(28-38)56(59)60)49-17-3-20-53-21-19-51-45(57)31-53/h4-13,15,18,26-28,49-50H,3,14,16-17,19-25,29-31H2,1-2H3,(H,51,57)(H,52,58). The SMILES string of the molecule is CC1(C)CCC(CN2CCN(c3ccc(C(=O)NS(=O)c4ccc(NCCCN5CCNC(=O)C5)c([N+](=O)[O-])c4)c(Oc4ccc5[nH]ccc5c4)c3)CC2)=C(c2ccc(Cl)cc2)C1. The Bertz CT molecular complexity index is 2550. The van der Waals surface area contributed by atoms with Gasteiger partial charge in [-0.1, -0.05) is 43.2 Å². The van der Waals surface area contributed by atoms with Gasteiger partial charge in [0.05, 0.1) is 21.9 Å². The van der Waals surface area contributed by atoms with Gasteiger partial charge in [-0.25, -0.2) is 4.21 Å². The highest BCUT2D eigenvalue weighted by molar-refractivity contribution is 7.83. The van der Waals surface area contributed by atoms with Gasteiger partial charge >= 0.3 is 0 Å². The first-order chi connectivity index (χ1) is 30.4. The predicted octanol–water partition coefficient (Wildman–Crippen LogP) is 7.99. The summed E-state index contributed by atoms with van der Waals surface area (Å²) in [4.78, 5) is 47.3. The van der Waals surface area contributed by atoms with E-state index in [-0.39, 0.29) is 38.9 Å². The molecule has 2 saturated heterocycles. The van der Waals surface area contributed by atoms with Crippen molar-refractivity contribution in [3.8, 4) is 11.5 Å². The molecule has 3 aliphatic rings. The van der Waals surface area contributed by atoms with Gasteiger partial charge in [-0.05, 0) is 103 Å². The van der Waals surface area contributed by atoms with Crippen LogP contribution in [0.1, 0.15) is 55.5 Å². The fourth-order valence-corrected chi connectivity index (χ4v) is 9.57. The molecule has 0 saturated carbocycles. The molecule has 2 aliphatic heterocycles. The van der Waals surface area contributed by atoms with Crippen LogP contribution in [-0.4, -0.2) is 101 Å². The van der Waals surface area contributed by atoms with Crippen LogP contribution < -0.4 is 25.0 Å². The van der Waals surface area contributed by atoms with Crippen LogP contribution in [0.25, 0.3) is 16.5 Å². The minimum Gasteiger partial charge on any atom is -0.456 e. The van der Waals surface area contributed by atoms with Gasteiger partial charge in [0.25, 0.3) is 11.6 Å². The van der Waals surface area contributed by atoms with E-state index in [0.717, 1.165) is 80.1 Å². The number of nitro benzene ring substituents is 1. The van der Waals surface area contributed by atoms with Crippen LogP contribution in [0, 0.1) is 15.5 Å². The number of anilines is 2. The normalized spacial score (nSPS) is 17.6. The minimum absolute atomic E-state index is 0.0156. The van der Waals surface area contributed by atoms with E-state index in [1.165, 1.54) is 34.9 Å². The number of allylic oxidation sites excluding steroid dienone is 1. The third kappa shape index (κ3) is 10.9. The van der Waals surface area contributed by atoms with Gasteiger partial charge < -0.3 is 25.3 Å². The average molecular weight is 894 g/mol. The van der Waals surface area contributed by atoms with Gasteiger partial charge in [-0.15, -0.1) is 0 Å². The fraction of sp³-hybridized carbons (Fsp3) is 0.362. The number of halogens is 1. The number of piperazine rings is 2. The van der Waals surface area contributed by atoms with E-state index in [9.17, 15) is 23.9 Å². The first kappa shape index (κ1) is 43.9. The summed E-state index contributed by atoms with van der Waals surface area (Å²) in [6.45, 7) is 11.7. The van der Waals surface area contributed by atoms with Crippen LogP contribution in [0.4, 0.5) is 17.1 Å². The van der Waals surface area contributed by atoms with Crippen LogP contribution in [0.5, 0.6) is 11.5 Å². The summed E-state index contributed by atoms with van der Waals surface area (Å²) in [5.74, 6) is 0.148. The number of amides is 2. The second-order valence-electron chi connectivity index (χ2n) is 17.2. The van der Waals surface area contributed by atoms with E-state index in [1.807, 2.05) is 59.6 Å². The van der Waals surface area contributed by atoms with Gasteiger partial charge in [0.15, 0.2) is 11.0 Å². The Balaban J connectivity index is 0.957. The van der Waals surface area contributed by atoms with Gasteiger partial charge in [0, 0.05) is 98.8 Å². The highest BCUT2D eigenvalue weighted by atomic mass is 35.5. The van der Waals surface area contributed by atoms with Gasteiger partial charge in [-0.2, -0.15) is 0 Å². The van der Waals surface area contributed by atoms with Crippen molar-refractivity contribution in [1.29, 1.82) is 0 Å². The summed E-state index contributed by atoms with van der Waals surface area (Å²) in [6, 6.07) is 25.4. The molecule has 63 heavy (non-hydrogen) atoms. The summed E-state index contributed by atoms with van der Waals surface area (Å²) in [6.07, 6.45) is 5.76. The lowest BCUT2D eigenvalue weighted by molar-refractivity contribution is -0.384. The van der Waals surface area contributed by atoms with Crippen LogP contribution >= 0.6 is 11.6 Å². The van der Waals surface area contributed by atoms with Crippen molar-refractivity contribution in [3.63, 3.8) is 0 Å². The predicted molar refractivity (Wildman–Crippen MR) is 249 cm³/mol. The Morgan fingerprint density at radius 3 is 2.56 bits per heavy atom. The summed E-state index contributed by atoms with van der Waals surface area (Å²) in [5.41, 5.74) is 6.43. The minimum atomic E-state index is -2.13. The molecule has 330 valence electrons. The lowest BCUT2D eigenvalue weighted by Gasteiger charge is -2.39. The topological polar surface area (TPSA) is 165 Å². The molecule has 4 N–H and O–H groups in total. The molecule has 0 radical (unpaired) electrons. The molecule has 4 aromatic carbocycles. The van der Waals surface area contributed by atoms with Crippen molar-refractivity contribution in [2.24, 2.45) is 5.41 Å². The van der Waals surface area contributed by atoms with Gasteiger partial charge in [0.2, 0.25) is 5.91 Å². The van der Waals surface area contributed by atoms with Crippen molar-refractivity contribution in [3.05, 3.63) is 123 Å². The molecular formula is C47H53ClN8O6S. The number of rotatable bonds is 15. The monoisotopic (exact) mass is 892 g/mol. The number of benzene rings is 4. The van der Waals surface area contributed by atoms with E-state index >= 15 is 0 Å². The lowest BCUT2D eigenvalue weighted by atomic mass is 9.72. The van der Waals surface area contributed by atoms with E-state index in [1.54, 1.807) is 6.07 Å². The van der Waals surface area contributed by atoms with Crippen LogP contribution in [-0.2, 0) is 15.8 Å². The Labute approximate surface area is 374 Å². The molecule has 1 atom stereocenters. The molecule has 16 heteroatoms. The van der Waals surface area contributed by atoms with E-state index in [4.69, 9.17) is 16.3 Å². The van der Waals surface area contributed by atoms with Gasteiger partial charge in [0.1, 0.15) is 17.2 Å². The smallest absolute Gasteiger partial charge is 0.293 e. The number of carbonyl (C=O) groups is 2. The molecule has 1 aromatic heterocycles. The molecule has 8 rings (SSSR count). The zero-order valence-electron chi connectivity index (χ0n) is 35.6. The average Bonchev–Trinajstić information content (AvgIpc) is 3.74. The number of nitro groups is 1. The number of H-pyrrole nitrogens is 1. The second kappa shape index (κ2) is 19.3. The zero-order chi connectivity index (χ0) is 44.1. The lowest BCUT2D eigenvalue weighted by Crippen LogP contribution is -2.47. The van der Waals surface area contributed by atoms with Crippen LogP contribution in [0.15, 0.2) is 102 Å². The maximum absolute atomic E-state index is 13.9.